The van der Waals surface area contributed by atoms with E-state index in [1.165, 1.54) is 7.11 Å². The zero-order valence-electron chi connectivity index (χ0n) is 13.8. The number of benzene rings is 1. The van der Waals surface area contributed by atoms with E-state index in [4.69, 9.17) is 10.5 Å². The Morgan fingerprint density at radius 2 is 1.96 bits per heavy atom. The fourth-order valence-electron chi connectivity index (χ4n) is 2.83. The fraction of sp³-hybridized carbons (Fsp3) is 0.529. The fourth-order valence-corrected chi connectivity index (χ4v) is 3.19. The number of hydrogen-bond donors (Lipinski definition) is 1. The van der Waals surface area contributed by atoms with Gasteiger partial charge in [-0.2, -0.15) is 0 Å². The molecule has 24 heavy (non-hydrogen) atoms. The highest BCUT2D eigenvalue weighted by Gasteiger charge is 2.23. The van der Waals surface area contributed by atoms with E-state index < -0.39 is 0 Å². The number of likely N-dealkylation sites (tertiary alicyclic amines) is 1. The molecule has 0 atom stereocenters. The second-order valence-electron chi connectivity index (χ2n) is 5.83. The molecule has 0 unspecified atom stereocenters. The van der Waals surface area contributed by atoms with Crippen molar-refractivity contribution in [2.45, 2.75) is 25.7 Å². The number of ketones is 1. The zero-order valence-corrected chi connectivity index (χ0v) is 16.2. The predicted octanol–water partition coefficient (Wildman–Crippen LogP) is 3.04. The van der Waals surface area contributed by atoms with Gasteiger partial charge in [0.05, 0.1) is 12.7 Å². The maximum Gasteiger partial charge on any atom is 0.223 e. The van der Waals surface area contributed by atoms with E-state index in [0.29, 0.717) is 23.8 Å². The summed E-state index contributed by atoms with van der Waals surface area (Å²) >= 11 is 3.36. The molecule has 0 aliphatic carbocycles. The number of halogens is 2. The molecule has 1 aliphatic rings. The molecule has 0 bridgehead atoms. The molecule has 7 heteroatoms. The summed E-state index contributed by atoms with van der Waals surface area (Å²) in [7, 11) is 1.53. The van der Waals surface area contributed by atoms with Gasteiger partial charge in [0.2, 0.25) is 5.91 Å². The van der Waals surface area contributed by atoms with Crippen LogP contribution in [0.2, 0.25) is 0 Å². The SMILES string of the molecule is COc1ccc(Br)cc1C(=O)CCC(=O)N1CCC(CN)CC1.Cl. The third-order valence-corrected chi connectivity index (χ3v) is 4.82. The molecule has 1 saturated heterocycles. The number of carbonyl (C=O) groups is 2. The Balaban J connectivity index is 0.00000288. The third-order valence-electron chi connectivity index (χ3n) is 4.33. The summed E-state index contributed by atoms with van der Waals surface area (Å²) < 4.78 is 6.04. The summed E-state index contributed by atoms with van der Waals surface area (Å²) in [6.45, 7) is 2.17. The summed E-state index contributed by atoms with van der Waals surface area (Å²) in [6, 6.07) is 5.30. The molecule has 1 heterocycles. The molecular formula is C17H24BrClN2O3. The molecule has 0 radical (unpaired) electrons. The van der Waals surface area contributed by atoms with E-state index in [1.54, 1.807) is 12.1 Å². The van der Waals surface area contributed by atoms with Crippen molar-refractivity contribution in [1.82, 2.24) is 4.90 Å². The van der Waals surface area contributed by atoms with Crippen LogP contribution in [0.1, 0.15) is 36.0 Å². The Labute approximate surface area is 157 Å². The largest absolute Gasteiger partial charge is 0.496 e. The second kappa shape index (κ2) is 10.0. The number of nitrogens with zero attached hydrogens (tertiary/aromatic N) is 1. The molecule has 0 saturated carbocycles. The van der Waals surface area contributed by atoms with Crippen LogP contribution in [0.25, 0.3) is 0 Å². The van der Waals surface area contributed by atoms with Gasteiger partial charge in [-0.15, -0.1) is 12.4 Å². The molecule has 0 aromatic heterocycles. The lowest BCUT2D eigenvalue weighted by Crippen LogP contribution is -2.40. The van der Waals surface area contributed by atoms with Gasteiger partial charge in [0, 0.05) is 30.4 Å². The Morgan fingerprint density at radius 1 is 1.29 bits per heavy atom. The molecule has 2 rings (SSSR count). The number of hydrogen-bond acceptors (Lipinski definition) is 4. The standard InChI is InChI=1S/C17H23BrN2O3.ClH/c1-23-16-4-2-13(18)10-14(16)15(21)3-5-17(22)20-8-6-12(11-19)7-9-20;/h2,4,10,12H,3,5-9,11,19H2,1H3;1H. The minimum atomic E-state index is -0.0756. The number of nitrogens with two attached hydrogens (primary N) is 1. The van der Waals surface area contributed by atoms with E-state index in [1.807, 2.05) is 11.0 Å². The third kappa shape index (κ3) is 5.46. The van der Waals surface area contributed by atoms with Crippen molar-refractivity contribution >= 4 is 40.0 Å². The quantitative estimate of drug-likeness (QED) is 0.719. The minimum absolute atomic E-state index is 0. The molecule has 1 aromatic carbocycles. The molecule has 2 N–H and O–H groups in total. The Bertz CT molecular complexity index is 575. The van der Waals surface area contributed by atoms with Crippen LogP contribution < -0.4 is 10.5 Å². The monoisotopic (exact) mass is 418 g/mol. The highest BCUT2D eigenvalue weighted by molar-refractivity contribution is 9.10. The lowest BCUT2D eigenvalue weighted by atomic mass is 9.96. The van der Waals surface area contributed by atoms with Crippen LogP contribution in [0.5, 0.6) is 5.75 Å². The number of rotatable bonds is 6. The van der Waals surface area contributed by atoms with Gasteiger partial charge in [0.15, 0.2) is 5.78 Å². The van der Waals surface area contributed by atoms with Crippen molar-refractivity contribution in [2.24, 2.45) is 11.7 Å². The molecule has 1 amide bonds. The van der Waals surface area contributed by atoms with Crippen LogP contribution in [0.3, 0.4) is 0 Å². The van der Waals surface area contributed by atoms with E-state index in [-0.39, 0.29) is 36.9 Å². The minimum Gasteiger partial charge on any atom is -0.496 e. The first-order valence-electron chi connectivity index (χ1n) is 7.89. The highest BCUT2D eigenvalue weighted by atomic mass is 79.9. The number of piperidine rings is 1. The second-order valence-corrected chi connectivity index (χ2v) is 6.74. The van der Waals surface area contributed by atoms with Crippen molar-refractivity contribution < 1.29 is 14.3 Å². The van der Waals surface area contributed by atoms with Crippen LogP contribution in [0, 0.1) is 5.92 Å². The van der Waals surface area contributed by atoms with Crippen LogP contribution in [-0.4, -0.2) is 43.3 Å². The smallest absolute Gasteiger partial charge is 0.223 e. The van der Waals surface area contributed by atoms with Gasteiger partial charge < -0.3 is 15.4 Å². The van der Waals surface area contributed by atoms with E-state index in [9.17, 15) is 9.59 Å². The van der Waals surface area contributed by atoms with Crippen LogP contribution >= 0.6 is 28.3 Å². The van der Waals surface area contributed by atoms with Crippen LogP contribution in [-0.2, 0) is 4.79 Å². The van der Waals surface area contributed by atoms with Gasteiger partial charge in [-0.25, -0.2) is 0 Å². The first-order chi connectivity index (χ1) is 11.0. The lowest BCUT2D eigenvalue weighted by Gasteiger charge is -2.31. The Kier molecular flexibility index (Phi) is 8.73. The molecule has 1 aromatic rings. The first-order valence-corrected chi connectivity index (χ1v) is 8.69. The molecule has 5 nitrogen and oxygen atoms in total. The van der Waals surface area contributed by atoms with Crippen LogP contribution in [0.15, 0.2) is 22.7 Å². The molecule has 0 spiro atoms. The van der Waals surface area contributed by atoms with Crippen molar-refractivity contribution in [2.75, 3.05) is 26.7 Å². The molecule has 134 valence electrons. The van der Waals surface area contributed by atoms with Crippen LogP contribution in [0.4, 0.5) is 0 Å². The van der Waals surface area contributed by atoms with Gasteiger partial charge in [-0.3, -0.25) is 9.59 Å². The van der Waals surface area contributed by atoms with Crippen molar-refractivity contribution in [3.63, 3.8) is 0 Å². The number of carbonyl (C=O) groups excluding carboxylic acids is 2. The topological polar surface area (TPSA) is 72.6 Å². The lowest BCUT2D eigenvalue weighted by molar-refractivity contribution is -0.132. The first kappa shape index (κ1) is 20.9. The summed E-state index contributed by atoms with van der Waals surface area (Å²) in [5, 5.41) is 0. The van der Waals surface area contributed by atoms with E-state index in [0.717, 1.165) is 30.4 Å². The molecule has 1 aliphatic heterocycles. The Hall–Kier alpha value is -1.11. The van der Waals surface area contributed by atoms with Crippen molar-refractivity contribution in [1.29, 1.82) is 0 Å². The predicted molar refractivity (Wildman–Crippen MR) is 99.9 cm³/mol. The Morgan fingerprint density at radius 3 is 2.54 bits per heavy atom. The zero-order chi connectivity index (χ0) is 16.8. The summed E-state index contributed by atoms with van der Waals surface area (Å²) in [6.07, 6.45) is 2.34. The summed E-state index contributed by atoms with van der Waals surface area (Å²) in [4.78, 5) is 26.5. The van der Waals surface area contributed by atoms with Gasteiger partial charge in [-0.05, 0) is 43.5 Å². The normalized spacial score (nSPS) is 14.9. The maximum absolute atomic E-state index is 12.4. The number of amides is 1. The maximum atomic E-state index is 12.4. The van der Waals surface area contributed by atoms with Gasteiger partial charge in [-0.1, -0.05) is 15.9 Å². The van der Waals surface area contributed by atoms with Gasteiger partial charge >= 0.3 is 0 Å². The molecule has 1 fully saturated rings. The van der Waals surface area contributed by atoms with E-state index >= 15 is 0 Å². The molecular weight excluding hydrogens is 396 g/mol. The van der Waals surface area contributed by atoms with Gasteiger partial charge in [0.1, 0.15) is 5.75 Å². The summed E-state index contributed by atoms with van der Waals surface area (Å²) in [5.74, 6) is 1.03. The van der Waals surface area contributed by atoms with Crippen molar-refractivity contribution in [3.8, 4) is 5.75 Å². The van der Waals surface area contributed by atoms with Gasteiger partial charge in [0.25, 0.3) is 0 Å². The number of Topliss-reactive ketones (excluding diaryl/α,β-unsaturated/α-hetero) is 1. The summed E-state index contributed by atoms with van der Waals surface area (Å²) in [5.41, 5.74) is 6.17. The van der Waals surface area contributed by atoms with E-state index in [2.05, 4.69) is 15.9 Å². The highest BCUT2D eigenvalue weighted by Crippen LogP contribution is 2.25. The average Bonchev–Trinajstić information content (AvgIpc) is 2.59. The average molecular weight is 420 g/mol. The number of methoxy groups -OCH3 is 1. The van der Waals surface area contributed by atoms with Crippen molar-refractivity contribution in [3.05, 3.63) is 28.2 Å². The number of ether oxygens (including phenoxy) is 1.